The maximum atomic E-state index is 13.8. The molecule has 5 nitrogen and oxygen atoms in total. The van der Waals surface area contributed by atoms with Crippen LogP contribution in [0.1, 0.15) is 17.3 Å². The number of carbonyl (C=O) groups is 2. The fourth-order valence-electron chi connectivity index (χ4n) is 2.15. The summed E-state index contributed by atoms with van der Waals surface area (Å²) in [6, 6.07) is 2.05. The number of nitrogens with two attached hydrogens (primary N) is 1. The third-order valence-corrected chi connectivity index (χ3v) is 3.35. The SMILES string of the molecule is CC(=O)N1CCN(C(=O)c2c(F)ccc(N)c2F)CC1. The highest BCUT2D eigenvalue weighted by molar-refractivity contribution is 5.96. The van der Waals surface area contributed by atoms with Crippen LogP contribution in [0.5, 0.6) is 0 Å². The fraction of sp³-hybridized carbons (Fsp3) is 0.385. The minimum Gasteiger partial charge on any atom is -0.396 e. The molecule has 0 saturated carbocycles. The van der Waals surface area contributed by atoms with Gasteiger partial charge in [0.15, 0.2) is 5.82 Å². The summed E-state index contributed by atoms with van der Waals surface area (Å²) in [7, 11) is 0. The quantitative estimate of drug-likeness (QED) is 0.777. The molecule has 2 amide bonds. The second-order valence-corrected chi connectivity index (χ2v) is 4.62. The van der Waals surface area contributed by atoms with Crippen molar-refractivity contribution in [1.82, 2.24) is 9.80 Å². The number of halogens is 2. The number of nitrogens with zero attached hydrogens (tertiary/aromatic N) is 2. The van der Waals surface area contributed by atoms with Crippen LogP contribution in [-0.4, -0.2) is 47.8 Å². The molecule has 1 aromatic rings. The van der Waals surface area contributed by atoms with E-state index in [9.17, 15) is 18.4 Å². The Bertz CT molecular complexity index is 555. The van der Waals surface area contributed by atoms with Gasteiger partial charge in [0.2, 0.25) is 5.91 Å². The summed E-state index contributed by atoms with van der Waals surface area (Å²) >= 11 is 0. The Labute approximate surface area is 114 Å². The van der Waals surface area contributed by atoms with Crippen LogP contribution >= 0.6 is 0 Å². The largest absolute Gasteiger partial charge is 0.396 e. The van der Waals surface area contributed by atoms with Gasteiger partial charge in [0.05, 0.1) is 5.69 Å². The summed E-state index contributed by atoms with van der Waals surface area (Å²) in [6.45, 7) is 2.63. The van der Waals surface area contributed by atoms with E-state index >= 15 is 0 Å². The topological polar surface area (TPSA) is 66.6 Å². The first-order chi connectivity index (χ1) is 9.41. The molecule has 1 aromatic carbocycles. The number of hydrogen-bond acceptors (Lipinski definition) is 3. The molecule has 1 fully saturated rings. The molecule has 0 unspecified atom stereocenters. The van der Waals surface area contributed by atoms with Crippen molar-refractivity contribution in [3.63, 3.8) is 0 Å². The zero-order valence-corrected chi connectivity index (χ0v) is 11.0. The lowest BCUT2D eigenvalue weighted by atomic mass is 10.1. The number of anilines is 1. The number of nitrogen functional groups attached to an aromatic ring is 1. The summed E-state index contributed by atoms with van der Waals surface area (Å²) in [4.78, 5) is 26.2. The molecule has 0 spiro atoms. The van der Waals surface area contributed by atoms with Gasteiger partial charge < -0.3 is 15.5 Å². The van der Waals surface area contributed by atoms with E-state index in [2.05, 4.69) is 0 Å². The monoisotopic (exact) mass is 283 g/mol. The van der Waals surface area contributed by atoms with E-state index < -0.39 is 23.1 Å². The number of rotatable bonds is 1. The van der Waals surface area contributed by atoms with E-state index in [-0.39, 0.29) is 24.7 Å². The summed E-state index contributed by atoms with van der Waals surface area (Å²) in [5.41, 5.74) is 4.45. The van der Waals surface area contributed by atoms with E-state index in [4.69, 9.17) is 5.73 Å². The first-order valence-electron chi connectivity index (χ1n) is 6.20. The molecular formula is C13H15F2N3O2. The van der Waals surface area contributed by atoms with Gasteiger partial charge in [-0.05, 0) is 12.1 Å². The predicted molar refractivity (Wildman–Crippen MR) is 68.9 cm³/mol. The average molecular weight is 283 g/mol. The molecule has 0 radical (unpaired) electrons. The molecule has 20 heavy (non-hydrogen) atoms. The Balaban J connectivity index is 2.18. The van der Waals surface area contributed by atoms with Gasteiger partial charge in [-0.3, -0.25) is 9.59 Å². The Morgan fingerprint density at radius 2 is 1.65 bits per heavy atom. The fourth-order valence-corrected chi connectivity index (χ4v) is 2.15. The number of benzene rings is 1. The van der Waals surface area contributed by atoms with E-state index in [1.54, 1.807) is 4.90 Å². The van der Waals surface area contributed by atoms with Crippen LogP contribution < -0.4 is 5.73 Å². The van der Waals surface area contributed by atoms with Gasteiger partial charge in [0.1, 0.15) is 11.4 Å². The highest BCUT2D eigenvalue weighted by Crippen LogP contribution is 2.21. The molecule has 0 bridgehead atoms. The first kappa shape index (κ1) is 14.2. The van der Waals surface area contributed by atoms with Crippen LogP contribution in [0.15, 0.2) is 12.1 Å². The van der Waals surface area contributed by atoms with Crippen molar-refractivity contribution in [2.24, 2.45) is 0 Å². The normalized spacial score (nSPS) is 15.3. The third-order valence-electron chi connectivity index (χ3n) is 3.35. The number of carbonyl (C=O) groups excluding carboxylic acids is 2. The van der Waals surface area contributed by atoms with Crippen LogP contribution in [0.25, 0.3) is 0 Å². The molecule has 2 rings (SSSR count). The lowest BCUT2D eigenvalue weighted by Crippen LogP contribution is -2.50. The van der Waals surface area contributed by atoms with E-state index in [1.165, 1.54) is 11.8 Å². The Hall–Kier alpha value is -2.18. The molecule has 1 heterocycles. The van der Waals surface area contributed by atoms with Crippen molar-refractivity contribution < 1.29 is 18.4 Å². The first-order valence-corrected chi connectivity index (χ1v) is 6.20. The van der Waals surface area contributed by atoms with Gasteiger partial charge in [0, 0.05) is 33.1 Å². The zero-order valence-electron chi connectivity index (χ0n) is 11.0. The summed E-state index contributed by atoms with van der Waals surface area (Å²) in [5.74, 6) is -2.80. The smallest absolute Gasteiger partial charge is 0.260 e. The number of hydrogen-bond donors (Lipinski definition) is 1. The van der Waals surface area contributed by atoms with Crippen LogP contribution in [0, 0.1) is 11.6 Å². The van der Waals surface area contributed by atoms with Gasteiger partial charge in [0.25, 0.3) is 5.91 Å². The molecule has 108 valence electrons. The summed E-state index contributed by atoms with van der Waals surface area (Å²) in [6.07, 6.45) is 0. The van der Waals surface area contributed by atoms with E-state index in [0.29, 0.717) is 13.1 Å². The summed E-state index contributed by atoms with van der Waals surface area (Å²) < 4.78 is 27.4. The molecule has 1 saturated heterocycles. The third kappa shape index (κ3) is 2.56. The molecule has 0 aliphatic carbocycles. The van der Waals surface area contributed by atoms with Crippen molar-refractivity contribution >= 4 is 17.5 Å². The standard InChI is InChI=1S/C13H15F2N3O2/c1-8(19)17-4-6-18(7-5-17)13(20)11-9(14)2-3-10(16)12(11)15/h2-3H,4-7,16H2,1H3. The van der Waals surface area contributed by atoms with Gasteiger partial charge in [-0.15, -0.1) is 0 Å². The molecule has 0 atom stereocenters. The van der Waals surface area contributed by atoms with Crippen LogP contribution in [0.3, 0.4) is 0 Å². The second-order valence-electron chi connectivity index (χ2n) is 4.62. The Morgan fingerprint density at radius 3 is 2.20 bits per heavy atom. The van der Waals surface area contributed by atoms with Crippen molar-refractivity contribution in [3.8, 4) is 0 Å². The van der Waals surface area contributed by atoms with Crippen molar-refractivity contribution in [2.75, 3.05) is 31.9 Å². The second kappa shape index (κ2) is 5.44. The van der Waals surface area contributed by atoms with E-state index in [0.717, 1.165) is 12.1 Å². The molecule has 2 N–H and O–H groups in total. The van der Waals surface area contributed by atoms with Gasteiger partial charge >= 0.3 is 0 Å². The molecular weight excluding hydrogens is 268 g/mol. The predicted octanol–water partition coefficient (Wildman–Crippen LogP) is 0.851. The Morgan fingerprint density at radius 1 is 1.10 bits per heavy atom. The van der Waals surface area contributed by atoms with Crippen LogP contribution in [-0.2, 0) is 4.79 Å². The maximum Gasteiger partial charge on any atom is 0.260 e. The Kier molecular flexibility index (Phi) is 3.87. The van der Waals surface area contributed by atoms with Crippen molar-refractivity contribution in [3.05, 3.63) is 29.3 Å². The highest BCUT2D eigenvalue weighted by atomic mass is 19.1. The minimum atomic E-state index is -1.04. The van der Waals surface area contributed by atoms with E-state index in [1.807, 2.05) is 0 Å². The molecule has 0 aromatic heterocycles. The highest BCUT2D eigenvalue weighted by Gasteiger charge is 2.28. The molecule has 1 aliphatic heterocycles. The van der Waals surface area contributed by atoms with Crippen LogP contribution in [0.4, 0.5) is 14.5 Å². The molecule has 7 heteroatoms. The van der Waals surface area contributed by atoms with Gasteiger partial charge in [-0.1, -0.05) is 0 Å². The summed E-state index contributed by atoms with van der Waals surface area (Å²) in [5, 5.41) is 0. The van der Waals surface area contributed by atoms with Crippen molar-refractivity contribution in [2.45, 2.75) is 6.92 Å². The minimum absolute atomic E-state index is 0.0848. The number of piperazine rings is 1. The maximum absolute atomic E-state index is 13.8. The lowest BCUT2D eigenvalue weighted by Gasteiger charge is -2.34. The zero-order chi connectivity index (χ0) is 14.9. The molecule has 1 aliphatic rings. The number of amides is 2. The average Bonchev–Trinajstić information content (AvgIpc) is 2.43. The van der Waals surface area contributed by atoms with Crippen molar-refractivity contribution in [1.29, 1.82) is 0 Å². The van der Waals surface area contributed by atoms with Gasteiger partial charge in [-0.25, -0.2) is 8.78 Å². The van der Waals surface area contributed by atoms with Gasteiger partial charge in [-0.2, -0.15) is 0 Å². The lowest BCUT2D eigenvalue weighted by molar-refractivity contribution is -0.130. The van der Waals surface area contributed by atoms with Crippen LogP contribution in [0.2, 0.25) is 0 Å².